The zero-order chi connectivity index (χ0) is 23.9. The van der Waals surface area contributed by atoms with Gasteiger partial charge in [-0.05, 0) is 77.6 Å². The predicted molar refractivity (Wildman–Crippen MR) is 135 cm³/mol. The number of anilines is 2. The standard InChI is InChI=1S/C25H37N7O2/c1-18-17-34-14-13-32(18)23-15-22(16-26-11-4-12-31(2)3)27-24(30-23)19-5-7-20(8-6-19)28-25(33)29-21-9-10-21/h5-8,15,18,21,26H,4,9-14,16-17H2,1-3H3,(H2,28,29,33)/t18-/m0/s1. The van der Waals surface area contributed by atoms with Crippen molar-refractivity contribution < 1.29 is 9.53 Å². The fourth-order valence-corrected chi connectivity index (χ4v) is 3.94. The molecule has 34 heavy (non-hydrogen) atoms. The van der Waals surface area contributed by atoms with E-state index in [0.29, 0.717) is 31.6 Å². The number of carbonyl (C=O) groups is 1. The van der Waals surface area contributed by atoms with Gasteiger partial charge in [0.15, 0.2) is 5.82 Å². The number of nitrogens with one attached hydrogen (secondary N) is 3. The lowest BCUT2D eigenvalue weighted by Gasteiger charge is -2.34. The molecule has 1 atom stereocenters. The highest BCUT2D eigenvalue weighted by Gasteiger charge is 2.23. The molecule has 0 bridgehead atoms. The number of urea groups is 1. The molecule has 1 saturated carbocycles. The molecule has 1 aromatic carbocycles. The zero-order valence-electron chi connectivity index (χ0n) is 20.5. The molecule has 2 heterocycles. The Kier molecular flexibility index (Phi) is 8.31. The number of amides is 2. The van der Waals surface area contributed by atoms with Gasteiger partial charge >= 0.3 is 6.03 Å². The van der Waals surface area contributed by atoms with Gasteiger partial charge in [-0.15, -0.1) is 0 Å². The number of ether oxygens (including phenoxy) is 1. The monoisotopic (exact) mass is 467 g/mol. The van der Waals surface area contributed by atoms with Gasteiger partial charge < -0.3 is 30.5 Å². The minimum absolute atomic E-state index is 0.155. The van der Waals surface area contributed by atoms with Crippen LogP contribution in [-0.4, -0.2) is 79.9 Å². The predicted octanol–water partition coefficient (Wildman–Crippen LogP) is 2.69. The normalized spacial score (nSPS) is 18.2. The van der Waals surface area contributed by atoms with E-state index >= 15 is 0 Å². The van der Waals surface area contributed by atoms with Gasteiger partial charge in [0.2, 0.25) is 0 Å². The van der Waals surface area contributed by atoms with Crippen molar-refractivity contribution in [2.24, 2.45) is 0 Å². The summed E-state index contributed by atoms with van der Waals surface area (Å²) in [7, 11) is 4.18. The van der Waals surface area contributed by atoms with Crippen molar-refractivity contribution in [2.75, 3.05) is 57.2 Å². The Morgan fingerprint density at radius 3 is 2.71 bits per heavy atom. The third-order valence-corrected chi connectivity index (χ3v) is 6.01. The number of benzene rings is 1. The van der Waals surface area contributed by atoms with E-state index in [1.807, 2.05) is 24.3 Å². The molecule has 1 aromatic heterocycles. The molecular formula is C25H37N7O2. The zero-order valence-corrected chi connectivity index (χ0v) is 20.5. The lowest BCUT2D eigenvalue weighted by atomic mass is 10.1. The molecule has 0 unspecified atom stereocenters. The van der Waals surface area contributed by atoms with Crippen molar-refractivity contribution >= 4 is 17.5 Å². The van der Waals surface area contributed by atoms with Gasteiger partial charge in [0.05, 0.1) is 24.9 Å². The molecule has 1 aliphatic carbocycles. The van der Waals surface area contributed by atoms with Crippen molar-refractivity contribution in [3.8, 4) is 11.4 Å². The van der Waals surface area contributed by atoms with Crippen molar-refractivity contribution in [2.45, 2.75) is 44.8 Å². The van der Waals surface area contributed by atoms with E-state index in [1.54, 1.807) is 0 Å². The quantitative estimate of drug-likeness (QED) is 0.463. The summed E-state index contributed by atoms with van der Waals surface area (Å²) in [6.07, 6.45) is 3.21. The Labute approximate surface area is 202 Å². The first-order valence-electron chi connectivity index (χ1n) is 12.2. The molecule has 4 rings (SSSR count). The summed E-state index contributed by atoms with van der Waals surface area (Å²) in [6, 6.07) is 10.2. The largest absolute Gasteiger partial charge is 0.377 e. The fourth-order valence-electron chi connectivity index (χ4n) is 3.94. The minimum Gasteiger partial charge on any atom is -0.377 e. The number of rotatable bonds is 10. The molecule has 9 nitrogen and oxygen atoms in total. The van der Waals surface area contributed by atoms with Crippen LogP contribution in [0.5, 0.6) is 0 Å². The number of aromatic nitrogens is 2. The Hall–Kier alpha value is -2.75. The highest BCUT2D eigenvalue weighted by atomic mass is 16.5. The van der Waals surface area contributed by atoms with Crippen LogP contribution < -0.4 is 20.9 Å². The maximum absolute atomic E-state index is 12.0. The molecule has 2 aromatic rings. The van der Waals surface area contributed by atoms with Crippen LogP contribution in [0.15, 0.2) is 30.3 Å². The van der Waals surface area contributed by atoms with Crippen LogP contribution in [0.1, 0.15) is 31.9 Å². The van der Waals surface area contributed by atoms with Gasteiger partial charge in [0, 0.05) is 36.4 Å². The van der Waals surface area contributed by atoms with E-state index in [4.69, 9.17) is 14.7 Å². The van der Waals surface area contributed by atoms with Crippen LogP contribution in [0.4, 0.5) is 16.3 Å². The Bertz CT molecular complexity index is 947. The molecule has 3 N–H and O–H groups in total. The van der Waals surface area contributed by atoms with Crippen molar-refractivity contribution in [3.63, 3.8) is 0 Å². The minimum atomic E-state index is -0.155. The maximum atomic E-state index is 12.0. The first-order valence-corrected chi connectivity index (χ1v) is 12.2. The molecule has 184 valence electrons. The summed E-state index contributed by atoms with van der Waals surface area (Å²) in [5.41, 5.74) is 2.64. The molecule has 0 spiro atoms. The number of hydrogen-bond acceptors (Lipinski definition) is 7. The Morgan fingerprint density at radius 2 is 2.00 bits per heavy atom. The second kappa shape index (κ2) is 11.6. The average molecular weight is 468 g/mol. The smallest absolute Gasteiger partial charge is 0.319 e. The van der Waals surface area contributed by atoms with Gasteiger partial charge in [-0.1, -0.05) is 0 Å². The number of nitrogens with zero attached hydrogens (tertiary/aromatic N) is 4. The second-order valence-electron chi connectivity index (χ2n) is 9.44. The molecule has 2 aliphatic rings. The van der Waals surface area contributed by atoms with Gasteiger partial charge in [-0.2, -0.15) is 0 Å². The first-order chi connectivity index (χ1) is 16.5. The van der Waals surface area contributed by atoms with Crippen LogP contribution in [0, 0.1) is 0 Å². The molecule has 9 heteroatoms. The maximum Gasteiger partial charge on any atom is 0.319 e. The van der Waals surface area contributed by atoms with Crippen LogP contribution in [-0.2, 0) is 11.3 Å². The second-order valence-corrected chi connectivity index (χ2v) is 9.44. The Balaban J connectivity index is 1.48. The van der Waals surface area contributed by atoms with Crippen molar-refractivity contribution in [1.29, 1.82) is 0 Å². The Morgan fingerprint density at radius 1 is 1.21 bits per heavy atom. The topological polar surface area (TPSA) is 94.7 Å². The third kappa shape index (κ3) is 7.12. The van der Waals surface area contributed by atoms with E-state index in [0.717, 1.165) is 61.7 Å². The van der Waals surface area contributed by atoms with Crippen molar-refractivity contribution in [3.05, 3.63) is 36.0 Å². The van der Waals surface area contributed by atoms with Crippen LogP contribution in [0.2, 0.25) is 0 Å². The summed E-state index contributed by atoms with van der Waals surface area (Å²) < 4.78 is 5.62. The van der Waals surface area contributed by atoms with E-state index in [9.17, 15) is 4.79 Å². The van der Waals surface area contributed by atoms with Gasteiger partial charge in [-0.3, -0.25) is 0 Å². The van der Waals surface area contributed by atoms with E-state index in [1.165, 1.54) is 0 Å². The van der Waals surface area contributed by atoms with Gasteiger partial charge in [-0.25, -0.2) is 14.8 Å². The van der Waals surface area contributed by atoms with Crippen LogP contribution in [0.25, 0.3) is 11.4 Å². The third-order valence-electron chi connectivity index (χ3n) is 6.01. The molecule has 1 saturated heterocycles. The fraction of sp³-hybridized carbons (Fsp3) is 0.560. The highest BCUT2D eigenvalue weighted by Crippen LogP contribution is 2.24. The van der Waals surface area contributed by atoms with Gasteiger partial charge in [0.25, 0.3) is 0 Å². The summed E-state index contributed by atoms with van der Waals surface area (Å²) in [5.74, 6) is 1.62. The molecule has 0 radical (unpaired) electrons. The first kappa shape index (κ1) is 24.4. The van der Waals surface area contributed by atoms with E-state index < -0.39 is 0 Å². The van der Waals surface area contributed by atoms with Crippen LogP contribution >= 0.6 is 0 Å². The van der Waals surface area contributed by atoms with E-state index in [-0.39, 0.29) is 12.1 Å². The molecule has 2 fully saturated rings. The highest BCUT2D eigenvalue weighted by molar-refractivity contribution is 5.89. The van der Waals surface area contributed by atoms with E-state index in [2.05, 4.69) is 52.8 Å². The lowest BCUT2D eigenvalue weighted by Crippen LogP contribution is -2.44. The number of hydrogen-bond donors (Lipinski definition) is 3. The van der Waals surface area contributed by atoms with Crippen molar-refractivity contribution in [1.82, 2.24) is 25.5 Å². The molecule has 1 aliphatic heterocycles. The van der Waals surface area contributed by atoms with Crippen LogP contribution in [0.3, 0.4) is 0 Å². The average Bonchev–Trinajstić information content (AvgIpc) is 3.63. The summed E-state index contributed by atoms with van der Waals surface area (Å²) in [4.78, 5) is 26.3. The number of carbonyl (C=O) groups excluding carboxylic acids is 1. The SMILES string of the molecule is C[C@H]1COCCN1c1cc(CNCCCN(C)C)nc(-c2ccc(NC(=O)NC3CC3)cc2)n1. The molecule has 2 amide bonds. The number of morpholine rings is 1. The molecular weight excluding hydrogens is 430 g/mol. The summed E-state index contributed by atoms with van der Waals surface area (Å²) in [5, 5.41) is 9.35. The van der Waals surface area contributed by atoms with Gasteiger partial charge in [0.1, 0.15) is 5.82 Å². The summed E-state index contributed by atoms with van der Waals surface area (Å²) in [6.45, 7) is 7.04. The lowest BCUT2D eigenvalue weighted by molar-refractivity contribution is 0.0985. The summed E-state index contributed by atoms with van der Waals surface area (Å²) >= 11 is 0.